The van der Waals surface area contributed by atoms with Gasteiger partial charge in [0.05, 0.1) is 11.6 Å². The Labute approximate surface area is 132 Å². The molecule has 0 saturated heterocycles. The van der Waals surface area contributed by atoms with Gasteiger partial charge in [-0.05, 0) is 30.5 Å². The maximum Gasteiger partial charge on any atom is 0.142 e. The molecule has 2 nitrogen and oxygen atoms in total. The third kappa shape index (κ3) is 2.82. The van der Waals surface area contributed by atoms with Crippen molar-refractivity contribution in [3.8, 4) is 5.75 Å². The summed E-state index contributed by atoms with van der Waals surface area (Å²) in [6.07, 6.45) is 0.916. The number of benzene rings is 1. The highest BCUT2D eigenvalue weighted by Gasteiger charge is 2.25. The summed E-state index contributed by atoms with van der Waals surface area (Å²) in [4.78, 5) is 1.33. The first-order valence-electron chi connectivity index (χ1n) is 6.56. The number of fused-ring (bicyclic) bond motifs is 1. The summed E-state index contributed by atoms with van der Waals surface area (Å²) in [6, 6.07) is 8.40. The maximum absolute atomic E-state index is 6.21. The Bertz CT molecular complexity index is 600. The van der Waals surface area contributed by atoms with Crippen molar-refractivity contribution >= 4 is 34.5 Å². The number of hydrogen-bond acceptors (Lipinski definition) is 3. The summed E-state index contributed by atoms with van der Waals surface area (Å²) in [5.74, 6) is 0.762. The van der Waals surface area contributed by atoms with Crippen LogP contribution in [0, 0.1) is 0 Å². The van der Waals surface area contributed by atoms with Gasteiger partial charge in [0, 0.05) is 34.0 Å². The molecule has 1 aliphatic heterocycles. The van der Waals surface area contributed by atoms with E-state index in [9.17, 15) is 0 Å². The van der Waals surface area contributed by atoms with Crippen LogP contribution < -0.4 is 10.1 Å². The van der Waals surface area contributed by atoms with Gasteiger partial charge in [0.1, 0.15) is 5.75 Å². The molecule has 0 saturated carbocycles. The van der Waals surface area contributed by atoms with Crippen molar-refractivity contribution in [3.05, 3.63) is 50.1 Å². The highest BCUT2D eigenvalue weighted by molar-refractivity contribution is 7.10. The van der Waals surface area contributed by atoms with Crippen molar-refractivity contribution in [1.82, 2.24) is 5.32 Å². The SMILES string of the molecule is CC(NC1CCOc2c(Cl)cc(Cl)cc21)c1cccs1. The van der Waals surface area contributed by atoms with E-state index >= 15 is 0 Å². The molecule has 1 aromatic carbocycles. The second-order valence-corrected chi connectivity index (χ2v) is 6.72. The summed E-state index contributed by atoms with van der Waals surface area (Å²) >= 11 is 14.1. The lowest BCUT2D eigenvalue weighted by molar-refractivity contribution is 0.246. The van der Waals surface area contributed by atoms with E-state index in [-0.39, 0.29) is 6.04 Å². The van der Waals surface area contributed by atoms with Crippen LogP contribution in [-0.2, 0) is 0 Å². The van der Waals surface area contributed by atoms with Crippen molar-refractivity contribution < 1.29 is 4.74 Å². The monoisotopic (exact) mass is 327 g/mol. The Balaban J connectivity index is 1.86. The van der Waals surface area contributed by atoms with Crippen molar-refractivity contribution in [2.45, 2.75) is 25.4 Å². The number of halogens is 2. The maximum atomic E-state index is 6.21. The van der Waals surface area contributed by atoms with Gasteiger partial charge in [0.15, 0.2) is 0 Å². The molecule has 2 aromatic rings. The smallest absolute Gasteiger partial charge is 0.142 e. The molecule has 20 heavy (non-hydrogen) atoms. The van der Waals surface area contributed by atoms with Crippen LogP contribution >= 0.6 is 34.5 Å². The van der Waals surface area contributed by atoms with E-state index in [0.29, 0.717) is 22.7 Å². The molecule has 0 radical (unpaired) electrons. The molecule has 3 rings (SSSR count). The third-order valence-corrected chi connectivity index (χ3v) is 5.04. The fraction of sp³-hybridized carbons (Fsp3) is 0.333. The van der Waals surface area contributed by atoms with Gasteiger partial charge in [-0.15, -0.1) is 11.3 Å². The van der Waals surface area contributed by atoms with Crippen LogP contribution in [0.5, 0.6) is 5.75 Å². The third-order valence-electron chi connectivity index (χ3n) is 3.49. The fourth-order valence-electron chi connectivity index (χ4n) is 2.52. The molecule has 0 bridgehead atoms. The van der Waals surface area contributed by atoms with Gasteiger partial charge < -0.3 is 10.1 Å². The Morgan fingerprint density at radius 1 is 1.40 bits per heavy atom. The van der Waals surface area contributed by atoms with Crippen LogP contribution in [0.4, 0.5) is 0 Å². The molecule has 2 unspecified atom stereocenters. The summed E-state index contributed by atoms with van der Waals surface area (Å²) in [7, 11) is 0. The lowest BCUT2D eigenvalue weighted by Gasteiger charge is -2.30. The molecule has 2 atom stereocenters. The average Bonchev–Trinajstić information content (AvgIpc) is 2.93. The largest absolute Gasteiger partial charge is 0.492 e. The van der Waals surface area contributed by atoms with E-state index in [2.05, 4.69) is 29.8 Å². The topological polar surface area (TPSA) is 21.3 Å². The lowest BCUT2D eigenvalue weighted by Crippen LogP contribution is -2.29. The van der Waals surface area contributed by atoms with Gasteiger partial charge in [0.2, 0.25) is 0 Å². The van der Waals surface area contributed by atoms with Crippen molar-refractivity contribution in [2.24, 2.45) is 0 Å². The van der Waals surface area contributed by atoms with Crippen molar-refractivity contribution in [1.29, 1.82) is 0 Å². The summed E-state index contributed by atoms with van der Waals surface area (Å²) < 4.78 is 5.68. The fourth-order valence-corrected chi connectivity index (χ4v) is 3.83. The predicted molar refractivity (Wildman–Crippen MR) is 85.2 cm³/mol. The Morgan fingerprint density at radius 2 is 2.25 bits per heavy atom. The van der Waals surface area contributed by atoms with E-state index in [1.54, 1.807) is 17.4 Å². The molecule has 1 aliphatic rings. The molecule has 2 heterocycles. The van der Waals surface area contributed by atoms with Crippen LogP contribution in [0.3, 0.4) is 0 Å². The number of ether oxygens (including phenoxy) is 1. The minimum atomic E-state index is 0.215. The highest BCUT2D eigenvalue weighted by Crippen LogP contribution is 2.40. The predicted octanol–water partition coefficient (Wildman–Crippen LogP) is 5.23. The number of nitrogens with one attached hydrogen (secondary N) is 1. The normalized spacial score (nSPS) is 19.2. The summed E-state index contributed by atoms with van der Waals surface area (Å²) in [5, 5.41) is 6.98. The van der Waals surface area contributed by atoms with Gasteiger partial charge in [-0.1, -0.05) is 29.3 Å². The zero-order valence-corrected chi connectivity index (χ0v) is 13.4. The molecular formula is C15H15Cl2NOS. The minimum Gasteiger partial charge on any atom is -0.492 e. The Kier molecular flexibility index (Phi) is 4.22. The van der Waals surface area contributed by atoms with E-state index in [0.717, 1.165) is 17.7 Å². The first-order valence-corrected chi connectivity index (χ1v) is 8.20. The van der Waals surface area contributed by atoms with E-state index in [4.69, 9.17) is 27.9 Å². The summed E-state index contributed by atoms with van der Waals surface area (Å²) in [5.41, 5.74) is 1.05. The first kappa shape index (κ1) is 14.2. The molecular weight excluding hydrogens is 313 g/mol. The number of thiophene rings is 1. The first-order chi connectivity index (χ1) is 9.65. The van der Waals surface area contributed by atoms with Gasteiger partial charge in [-0.3, -0.25) is 0 Å². The molecule has 0 fully saturated rings. The van der Waals surface area contributed by atoms with Crippen LogP contribution in [-0.4, -0.2) is 6.61 Å². The van der Waals surface area contributed by atoms with Crippen LogP contribution in [0.25, 0.3) is 0 Å². The standard InChI is InChI=1S/C15H15Cl2NOS/c1-9(14-3-2-6-20-14)18-13-4-5-19-15-11(13)7-10(16)8-12(15)17/h2-3,6-9,13,18H,4-5H2,1H3. The minimum absolute atomic E-state index is 0.215. The second-order valence-electron chi connectivity index (χ2n) is 4.90. The molecule has 1 N–H and O–H groups in total. The zero-order chi connectivity index (χ0) is 14.1. The van der Waals surface area contributed by atoms with Gasteiger partial charge in [-0.2, -0.15) is 0 Å². The van der Waals surface area contributed by atoms with E-state index in [1.165, 1.54) is 4.88 Å². The lowest BCUT2D eigenvalue weighted by atomic mass is 9.99. The van der Waals surface area contributed by atoms with Gasteiger partial charge >= 0.3 is 0 Å². The molecule has 0 amide bonds. The van der Waals surface area contributed by atoms with Crippen molar-refractivity contribution in [2.75, 3.05) is 6.61 Å². The average molecular weight is 328 g/mol. The number of rotatable bonds is 3. The zero-order valence-electron chi connectivity index (χ0n) is 11.0. The van der Waals surface area contributed by atoms with Crippen LogP contribution in [0.2, 0.25) is 10.0 Å². The van der Waals surface area contributed by atoms with Crippen LogP contribution in [0.1, 0.15) is 35.9 Å². The number of hydrogen-bond donors (Lipinski definition) is 1. The van der Waals surface area contributed by atoms with Crippen molar-refractivity contribution in [3.63, 3.8) is 0 Å². The highest BCUT2D eigenvalue weighted by atomic mass is 35.5. The molecule has 1 aromatic heterocycles. The summed E-state index contributed by atoms with van der Waals surface area (Å²) in [6.45, 7) is 2.84. The van der Waals surface area contributed by atoms with Gasteiger partial charge in [0.25, 0.3) is 0 Å². The van der Waals surface area contributed by atoms with Crippen LogP contribution in [0.15, 0.2) is 29.6 Å². The second kappa shape index (κ2) is 5.94. The Morgan fingerprint density at radius 3 is 3.00 bits per heavy atom. The molecule has 106 valence electrons. The molecule has 0 spiro atoms. The van der Waals surface area contributed by atoms with E-state index in [1.807, 2.05) is 6.07 Å². The molecule has 0 aliphatic carbocycles. The van der Waals surface area contributed by atoms with Gasteiger partial charge in [-0.25, -0.2) is 0 Å². The van der Waals surface area contributed by atoms with E-state index < -0.39 is 0 Å². The quantitative estimate of drug-likeness (QED) is 0.833. The molecule has 5 heteroatoms. The Hall–Kier alpha value is -0.740.